The molecule has 0 bridgehead atoms. The number of hydrogen-bond donors (Lipinski definition) is 1. The van der Waals surface area contributed by atoms with E-state index in [1.807, 2.05) is 7.05 Å². The summed E-state index contributed by atoms with van der Waals surface area (Å²) in [5.41, 5.74) is 2.65. The quantitative estimate of drug-likeness (QED) is 0.365. The number of aromatic nitrogens is 1. The van der Waals surface area contributed by atoms with Crippen LogP contribution in [0.15, 0.2) is 40.7 Å². The second-order valence-corrected chi connectivity index (χ2v) is 7.87. The molecule has 0 radical (unpaired) electrons. The Balaban J connectivity index is 0.00000261. The van der Waals surface area contributed by atoms with Crippen LogP contribution in [0.2, 0.25) is 0 Å². The lowest BCUT2D eigenvalue weighted by Gasteiger charge is -2.34. The smallest absolute Gasteiger partial charge is 0.193 e. The molecule has 27 heavy (non-hydrogen) atoms. The van der Waals surface area contributed by atoms with Crippen LogP contribution in [0.25, 0.3) is 0 Å². The molecule has 2 heterocycles. The SMILES string of the molecule is CCc1nc(CCNC(=NC)N2CCC(Cc3ccccc3)CC2)cs1.I. The Labute approximate surface area is 184 Å². The maximum atomic E-state index is 4.64. The van der Waals surface area contributed by atoms with Crippen molar-refractivity contribution >= 4 is 41.3 Å². The molecular formula is C21H31IN4S. The van der Waals surface area contributed by atoms with Gasteiger partial charge in [0.05, 0.1) is 10.7 Å². The lowest BCUT2D eigenvalue weighted by molar-refractivity contribution is 0.259. The van der Waals surface area contributed by atoms with Gasteiger partial charge in [-0.1, -0.05) is 37.3 Å². The molecule has 4 nitrogen and oxygen atoms in total. The first-order valence-electron chi connectivity index (χ1n) is 9.71. The number of thiazole rings is 1. The fraction of sp³-hybridized carbons (Fsp3) is 0.524. The molecule has 2 aromatic rings. The van der Waals surface area contributed by atoms with Crippen LogP contribution in [-0.2, 0) is 19.3 Å². The topological polar surface area (TPSA) is 40.5 Å². The van der Waals surface area contributed by atoms with Gasteiger partial charge in [0, 0.05) is 38.5 Å². The molecule has 0 spiro atoms. The van der Waals surface area contributed by atoms with Crippen molar-refractivity contribution in [3.05, 3.63) is 52.0 Å². The van der Waals surface area contributed by atoms with E-state index in [9.17, 15) is 0 Å². The summed E-state index contributed by atoms with van der Waals surface area (Å²) in [6, 6.07) is 10.9. The van der Waals surface area contributed by atoms with Crippen molar-refractivity contribution in [2.45, 2.75) is 39.0 Å². The highest BCUT2D eigenvalue weighted by molar-refractivity contribution is 14.0. The first kappa shape index (κ1) is 22.1. The van der Waals surface area contributed by atoms with E-state index in [1.165, 1.54) is 35.5 Å². The van der Waals surface area contributed by atoms with Gasteiger partial charge in [0.25, 0.3) is 0 Å². The Morgan fingerprint density at radius 1 is 1.26 bits per heavy atom. The largest absolute Gasteiger partial charge is 0.356 e. The van der Waals surface area contributed by atoms with E-state index >= 15 is 0 Å². The normalized spacial score (nSPS) is 15.5. The predicted molar refractivity (Wildman–Crippen MR) is 126 cm³/mol. The van der Waals surface area contributed by atoms with Gasteiger partial charge in [0.1, 0.15) is 0 Å². The first-order valence-corrected chi connectivity index (χ1v) is 10.6. The van der Waals surface area contributed by atoms with E-state index in [0.717, 1.165) is 44.4 Å². The number of halogens is 1. The summed E-state index contributed by atoms with van der Waals surface area (Å²) in [5, 5.41) is 6.93. The Morgan fingerprint density at radius 2 is 2.00 bits per heavy atom. The summed E-state index contributed by atoms with van der Waals surface area (Å²) in [7, 11) is 1.89. The van der Waals surface area contributed by atoms with Crippen molar-refractivity contribution in [2.75, 3.05) is 26.7 Å². The van der Waals surface area contributed by atoms with Crippen molar-refractivity contribution in [3.8, 4) is 0 Å². The minimum Gasteiger partial charge on any atom is -0.356 e. The molecule has 0 amide bonds. The molecule has 1 aliphatic rings. The Hall–Kier alpha value is -1.15. The van der Waals surface area contributed by atoms with E-state index in [2.05, 4.69) is 62.8 Å². The number of aliphatic imine (C=N–C) groups is 1. The Morgan fingerprint density at radius 3 is 2.63 bits per heavy atom. The zero-order valence-electron chi connectivity index (χ0n) is 16.4. The van der Waals surface area contributed by atoms with E-state index in [4.69, 9.17) is 0 Å². The fourth-order valence-electron chi connectivity index (χ4n) is 3.56. The maximum Gasteiger partial charge on any atom is 0.193 e. The molecule has 1 aromatic carbocycles. The second-order valence-electron chi connectivity index (χ2n) is 6.93. The number of benzene rings is 1. The van der Waals surface area contributed by atoms with E-state index in [-0.39, 0.29) is 24.0 Å². The highest BCUT2D eigenvalue weighted by Crippen LogP contribution is 2.21. The molecule has 1 aliphatic heterocycles. The van der Waals surface area contributed by atoms with Gasteiger partial charge in [-0.2, -0.15) is 0 Å². The predicted octanol–water partition coefficient (Wildman–Crippen LogP) is 4.40. The summed E-state index contributed by atoms with van der Waals surface area (Å²) in [5.74, 6) is 1.82. The van der Waals surface area contributed by atoms with Crippen LogP contribution in [0, 0.1) is 5.92 Å². The average Bonchev–Trinajstić information content (AvgIpc) is 3.15. The highest BCUT2D eigenvalue weighted by atomic mass is 127. The molecule has 1 aromatic heterocycles. The number of aryl methyl sites for hydroxylation is 1. The van der Waals surface area contributed by atoms with E-state index in [1.54, 1.807) is 11.3 Å². The van der Waals surface area contributed by atoms with Crippen LogP contribution in [-0.4, -0.2) is 42.5 Å². The summed E-state index contributed by atoms with van der Waals surface area (Å²) < 4.78 is 0. The number of nitrogens with one attached hydrogen (secondary N) is 1. The van der Waals surface area contributed by atoms with Gasteiger partial charge in [-0.25, -0.2) is 4.98 Å². The Kier molecular flexibility index (Phi) is 9.54. The third kappa shape index (κ3) is 6.75. The van der Waals surface area contributed by atoms with Crippen LogP contribution < -0.4 is 5.32 Å². The third-order valence-electron chi connectivity index (χ3n) is 5.06. The number of hydrogen-bond acceptors (Lipinski definition) is 3. The molecule has 1 fully saturated rings. The fourth-order valence-corrected chi connectivity index (χ4v) is 4.34. The number of rotatable bonds is 6. The number of guanidine groups is 1. The van der Waals surface area contributed by atoms with E-state index < -0.39 is 0 Å². The van der Waals surface area contributed by atoms with Gasteiger partial charge in [-0.05, 0) is 37.2 Å². The first-order chi connectivity index (χ1) is 12.8. The molecule has 6 heteroatoms. The molecule has 0 unspecified atom stereocenters. The minimum absolute atomic E-state index is 0. The second kappa shape index (κ2) is 11.6. The molecular weight excluding hydrogens is 467 g/mol. The lowest BCUT2D eigenvalue weighted by Crippen LogP contribution is -2.46. The van der Waals surface area contributed by atoms with Crippen molar-refractivity contribution in [1.29, 1.82) is 0 Å². The molecule has 1 N–H and O–H groups in total. The zero-order chi connectivity index (χ0) is 18.2. The van der Waals surface area contributed by atoms with Gasteiger partial charge < -0.3 is 10.2 Å². The maximum absolute atomic E-state index is 4.64. The summed E-state index contributed by atoms with van der Waals surface area (Å²) in [6.45, 7) is 5.23. The van der Waals surface area contributed by atoms with Gasteiger partial charge in [0.2, 0.25) is 0 Å². The minimum atomic E-state index is 0. The van der Waals surface area contributed by atoms with Crippen LogP contribution in [0.1, 0.15) is 36.0 Å². The van der Waals surface area contributed by atoms with Crippen molar-refractivity contribution in [2.24, 2.45) is 10.9 Å². The van der Waals surface area contributed by atoms with Crippen molar-refractivity contribution in [3.63, 3.8) is 0 Å². The van der Waals surface area contributed by atoms with E-state index in [0.29, 0.717) is 0 Å². The molecule has 0 aliphatic carbocycles. The number of likely N-dealkylation sites (tertiary alicyclic amines) is 1. The lowest BCUT2D eigenvalue weighted by atomic mass is 9.90. The van der Waals surface area contributed by atoms with Gasteiger partial charge in [0.15, 0.2) is 5.96 Å². The third-order valence-corrected chi connectivity index (χ3v) is 6.10. The van der Waals surface area contributed by atoms with Gasteiger partial charge in [-0.15, -0.1) is 35.3 Å². The van der Waals surface area contributed by atoms with Crippen LogP contribution >= 0.6 is 35.3 Å². The molecule has 0 atom stereocenters. The van der Waals surface area contributed by atoms with Crippen molar-refractivity contribution < 1.29 is 0 Å². The molecule has 3 rings (SSSR count). The summed E-state index contributed by atoms with van der Waals surface area (Å²) in [6.07, 6.45) is 5.66. The molecule has 1 saturated heterocycles. The zero-order valence-corrected chi connectivity index (χ0v) is 19.5. The number of nitrogens with zero attached hydrogens (tertiary/aromatic N) is 3. The van der Waals surface area contributed by atoms with Crippen LogP contribution in [0.5, 0.6) is 0 Å². The Bertz CT molecular complexity index is 693. The molecule has 148 valence electrons. The monoisotopic (exact) mass is 498 g/mol. The van der Waals surface area contributed by atoms with Gasteiger partial charge in [-0.3, -0.25) is 4.99 Å². The van der Waals surface area contributed by atoms with Crippen LogP contribution in [0.4, 0.5) is 0 Å². The van der Waals surface area contributed by atoms with Crippen LogP contribution in [0.3, 0.4) is 0 Å². The van der Waals surface area contributed by atoms with Crippen molar-refractivity contribution in [1.82, 2.24) is 15.2 Å². The number of piperidine rings is 1. The summed E-state index contributed by atoms with van der Waals surface area (Å²) in [4.78, 5) is 11.5. The summed E-state index contributed by atoms with van der Waals surface area (Å²) >= 11 is 1.76. The molecule has 0 saturated carbocycles. The van der Waals surface area contributed by atoms with Gasteiger partial charge >= 0.3 is 0 Å². The average molecular weight is 498 g/mol. The highest BCUT2D eigenvalue weighted by Gasteiger charge is 2.21. The standard InChI is InChI=1S/C21H30N4S.HI/c1-3-20-24-19(16-26-20)9-12-23-21(22-2)25-13-10-18(11-14-25)15-17-7-5-4-6-8-17;/h4-8,16,18H,3,9-15H2,1-2H3,(H,22,23);1H.